The van der Waals surface area contributed by atoms with Crippen molar-refractivity contribution in [1.82, 2.24) is 24.6 Å². The summed E-state index contributed by atoms with van der Waals surface area (Å²) in [6.45, 7) is 3.08. The second-order valence-electron chi connectivity index (χ2n) is 4.71. The minimum Gasteiger partial charge on any atom is -0.465 e. The molecule has 1 aliphatic rings. The molecule has 3 rings (SSSR count). The molecule has 2 aromatic heterocycles. The molecule has 106 valence electrons. The lowest BCUT2D eigenvalue weighted by Gasteiger charge is -2.24. The van der Waals surface area contributed by atoms with Crippen molar-refractivity contribution in [3.63, 3.8) is 0 Å². The number of pyridine rings is 1. The molecule has 3 heterocycles. The van der Waals surface area contributed by atoms with Crippen molar-refractivity contribution in [3.05, 3.63) is 41.2 Å². The molecule has 2 aromatic rings. The zero-order valence-electron chi connectivity index (χ0n) is 11.4. The second kappa shape index (κ2) is 5.25. The first-order valence-electron chi connectivity index (χ1n) is 6.49. The number of nitrogens with zero attached hydrogens (tertiary/aromatic N) is 5. The highest BCUT2D eigenvalue weighted by Gasteiger charge is 2.23. The van der Waals surface area contributed by atoms with Crippen LogP contribution in [-0.4, -0.2) is 42.4 Å². The van der Waals surface area contributed by atoms with E-state index in [2.05, 4.69) is 27.0 Å². The Hall–Kier alpha value is -2.88. The summed E-state index contributed by atoms with van der Waals surface area (Å²) in [5.74, 6) is 7.06. The number of aryl methyl sites for hydroxylation is 1. The van der Waals surface area contributed by atoms with Gasteiger partial charge in [-0.1, -0.05) is 6.07 Å². The molecule has 0 saturated carbocycles. The number of carboxylic acid groups (broad SMARTS) is 1. The first-order chi connectivity index (χ1) is 10.1. The minimum absolute atomic E-state index is 0.243. The summed E-state index contributed by atoms with van der Waals surface area (Å²) < 4.78 is 1.85. The summed E-state index contributed by atoms with van der Waals surface area (Å²) in [6.07, 6.45) is -0.944. The fourth-order valence-electron chi connectivity index (χ4n) is 2.15. The van der Waals surface area contributed by atoms with Gasteiger partial charge in [0.1, 0.15) is 5.69 Å². The molecule has 1 aliphatic heterocycles. The van der Waals surface area contributed by atoms with E-state index in [1.165, 1.54) is 4.90 Å². The van der Waals surface area contributed by atoms with Crippen LogP contribution in [0.1, 0.15) is 23.0 Å². The Morgan fingerprint density at radius 3 is 2.90 bits per heavy atom. The molecule has 7 heteroatoms. The Morgan fingerprint density at radius 2 is 2.14 bits per heavy atom. The third-order valence-electron chi connectivity index (χ3n) is 3.21. The largest absolute Gasteiger partial charge is 0.465 e. The average Bonchev–Trinajstić information content (AvgIpc) is 2.87. The third-order valence-corrected chi connectivity index (χ3v) is 3.21. The molecule has 0 saturated heterocycles. The van der Waals surface area contributed by atoms with E-state index in [0.29, 0.717) is 30.4 Å². The highest BCUT2D eigenvalue weighted by molar-refractivity contribution is 5.65. The topological polar surface area (TPSA) is 84.1 Å². The van der Waals surface area contributed by atoms with E-state index in [-0.39, 0.29) is 6.54 Å². The number of carbonyl (C=O) groups is 1. The fraction of sp³-hybridized carbons (Fsp3) is 0.286. The van der Waals surface area contributed by atoms with Gasteiger partial charge in [0, 0.05) is 18.8 Å². The van der Waals surface area contributed by atoms with Gasteiger partial charge in [0.15, 0.2) is 5.82 Å². The molecule has 0 bridgehead atoms. The zero-order valence-corrected chi connectivity index (χ0v) is 11.4. The normalized spacial score (nSPS) is 13.3. The van der Waals surface area contributed by atoms with Gasteiger partial charge < -0.3 is 9.67 Å². The third kappa shape index (κ3) is 2.69. The predicted molar refractivity (Wildman–Crippen MR) is 73.4 cm³/mol. The predicted octanol–water partition coefficient (Wildman–Crippen LogP) is 0.875. The zero-order chi connectivity index (χ0) is 14.8. The van der Waals surface area contributed by atoms with Crippen LogP contribution in [0.2, 0.25) is 0 Å². The van der Waals surface area contributed by atoms with Crippen LogP contribution in [0, 0.1) is 18.8 Å². The van der Waals surface area contributed by atoms with Crippen molar-refractivity contribution < 1.29 is 9.90 Å². The SMILES string of the molecule is Cc1cccc(C#Cc2nnc3n2CCN(C(=O)O)C3)n1. The number of fused-ring (bicyclic) bond motifs is 1. The van der Waals surface area contributed by atoms with E-state index >= 15 is 0 Å². The van der Waals surface area contributed by atoms with Gasteiger partial charge in [-0.2, -0.15) is 0 Å². The summed E-state index contributed by atoms with van der Waals surface area (Å²) in [4.78, 5) is 16.6. The first-order valence-corrected chi connectivity index (χ1v) is 6.49. The van der Waals surface area contributed by atoms with Gasteiger partial charge in [0.25, 0.3) is 0 Å². The van der Waals surface area contributed by atoms with E-state index in [4.69, 9.17) is 5.11 Å². The fourth-order valence-corrected chi connectivity index (χ4v) is 2.15. The van der Waals surface area contributed by atoms with Crippen LogP contribution in [-0.2, 0) is 13.1 Å². The average molecular weight is 283 g/mol. The Kier molecular flexibility index (Phi) is 3.28. The molecule has 0 atom stereocenters. The van der Waals surface area contributed by atoms with Crippen LogP contribution in [0.15, 0.2) is 18.2 Å². The van der Waals surface area contributed by atoms with Crippen molar-refractivity contribution in [2.24, 2.45) is 0 Å². The second-order valence-corrected chi connectivity index (χ2v) is 4.71. The van der Waals surface area contributed by atoms with E-state index in [1.54, 1.807) is 0 Å². The molecule has 1 N–H and O–H groups in total. The molecule has 0 fully saturated rings. The van der Waals surface area contributed by atoms with Crippen LogP contribution in [0.5, 0.6) is 0 Å². The summed E-state index contributed by atoms with van der Waals surface area (Å²) in [6, 6.07) is 5.64. The van der Waals surface area contributed by atoms with Crippen molar-refractivity contribution >= 4 is 6.09 Å². The number of hydrogen-bond acceptors (Lipinski definition) is 4. The van der Waals surface area contributed by atoms with Gasteiger partial charge in [-0.15, -0.1) is 10.2 Å². The molecule has 7 nitrogen and oxygen atoms in total. The minimum atomic E-state index is -0.944. The molecule has 1 amide bonds. The van der Waals surface area contributed by atoms with Gasteiger partial charge in [0.05, 0.1) is 6.54 Å². The molecular formula is C14H13N5O2. The van der Waals surface area contributed by atoms with E-state index in [0.717, 1.165) is 5.69 Å². The summed E-state index contributed by atoms with van der Waals surface area (Å²) in [7, 11) is 0. The van der Waals surface area contributed by atoms with Gasteiger partial charge in [-0.3, -0.25) is 4.90 Å². The molecule has 0 aliphatic carbocycles. The van der Waals surface area contributed by atoms with Gasteiger partial charge in [-0.05, 0) is 30.9 Å². The van der Waals surface area contributed by atoms with Crippen molar-refractivity contribution in [1.29, 1.82) is 0 Å². The Bertz CT molecular complexity index is 756. The Labute approximate surface area is 121 Å². The highest BCUT2D eigenvalue weighted by Crippen LogP contribution is 2.11. The molecule has 0 unspecified atom stereocenters. The van der Waals surface area contributed by atoms with Crippen LogP contribution in [0.3, 0.4) is 0 Å². The van der Waals surface area contributed by atoms with Crippen molar-refractivity contribution in [2.45, 2.75) is 20.0 Å². The summed E-state index contributed by atoms with van der Waals surface area (Å²) in [5, 5.41) is 17.0. The highest BCUT2D eigenvalue weighted by atomic mass is 16.4. The smallest absolute Gasteiger partial charge is 0.407 e. The number of hydrogen-bond donors (Lipinski definition) is 1. The van der Waals surface area contributed by atoms with Crippen LogP contribution < -0.4 is 0 Å². The lowest BCUT2D eigenvalue weighted by molar-refractivity contribution is 0.131. The monoisotopic (exact) mass is 283 g/mol. The molecule has 21 heavy (non-hydrogen) atoms. The molecule has 0 aromatic carbocycles. The van der Waals surface area contributed by atoms with Crippen molar-refractivity contribution in [2.75, 3.05) is 6.54 Å². The number of amides is 1. The number of aromatic nitrogens is 4. The van der Waals surface area contributed by atoms with Crippen molar-refractivity contribution in [3.8, 4) is 11.8 Å². The maximum atomic E-state index is 10.9. The van der Waals surface area contributed by atoms with E-state index in [1.807, 2.05) is 29.7 Å². The van der Waals surface area contributed by atoms with E-state index in [9.17, 15) is 4.79 Å². The lowest BCUT2D eigenvalue weighted by atomic mass is 10.3. The van der Waals surface area contributed by atoms with Crippen LogP contribution >= 0.6 is 0 Å². The summed E-state index contributed by atoms with van der Waals surface area (Å²) in [5.41, 5.74) is 1.58. The molecule has 0 spiro atoms. The standard InChI is InChI=1S/C14H13N5O2/c1-10-3-2-4-11(15-10)5-6-12-16-17-13-9-18(14(20)21)7-8-19(12)13/h2-4H,7-9H2,1H3,(H,20,21). The van der Waals surface area contributed by atoms with E-state index < -0.39 is 6.09 Å². The van der Waals surface area contributed by atoms with Gasteiger partial charge in [0.2, 0.25) is 5.82 Å². The lowest BCUT2D eigenvalue weighted by Crippen LogP contribution is -2.37. The number of rotatable bonds is 0. The first kappa shape index (κ1) is 13.1. The van der Waals surface area contributed by atoms with Crippen LogP contribution in [0.25, 0.3) is 0 Å². The van der Waals surface area contributed by atoms with Crippen LogP contribution in [0.4, 0.5) is 4.79 Å². The van der Waals surface area contributed by atoms with Gasteiger partial charge >= 0.3 is 6.09 Å². The van der Waals surface area contributed by atoms with Gasteiger partial charge in [-0.25, -0.2) is 9.78 Å². The Balaban J connectivity index is 1.85. The Morgan fingerprint density at radius 1 is 1.29 bits per heavy atom. The summed E-state index contributed by atoms with van der Waals surface area (Å²) >= 11 is 0. The molecular weight excluding hydrogens is 270 g/mol. The molecule has 0 radical (unpaired) electrons. The maximum absolute atomic E-state index is 10.9. The maximum Gasteiger partial charge on any atom is 0.407 e. The quantitative estimate of drug-likeness (QED) is 0.725.